The van der Waals surface area contributed by atoms with Crippen molar-refractivity contribution >= 4 is 32.9 Å². The zero-order valence-electron chi connectivity index (χ0n) is 12.0. The summed E-state index contributed by atoms with van der Waals surface area (Å²) in [6.07, 6.45) is 0. The van der Waals surface area contributed by atoms with E-state index in [-0.39, 0.29) is 0 Å². The molecule has 0 atom stereocenters. The van der Waals surface area contributed by atoms with Crippen LogP contribution in [0.1, 0.15) is 0 Å². The van der Waals surface area contributed by atoms with Crippen LogP contribution in [0.25, 0.3) is 22.6 Å². The Hall–Kier alpha value is -2.08. The average Bonchev–Trinajstić information content (AvgIpc) is 2.89. The van der Waals surface area contributed by atoms with E-state index in [0.717, 1.165) is 32.9 Å². The maximum atomic E-state index is 5.42. The number of imidazole rings is 1. The molecule has 0 amide bonds. The number of benzene rings is 1. The normalized spacial score (nSPS) is 10.9. The first kappa shape index (κ1) is 13.9. The largest absolute Gasteiger partial charge is 0.496 e. The van der Waals surface area contributed by atoms with Gasteiger partial charge in [0, 0.05) is 18.6 Å². The van der Waals surface area contributed by atoms with E-state index in [1.54, 1.807) is 7.11 Å². The van der Waals surface area contributed by atoms with Crippen LogP contribution in [0.15, 0.2) is 34.8 Å². The van der Waals surface area contributed by atoms with E-state index < -0.39 is 0 Å². The highest BCUT2D eigenvalue weighted by Crippen LogP contribution is 2.31. The number of rotatable bonds is 3. The average molecular weight is 347 g/mol. The molecule has 0 aliphatic heterocycles. The Morgan fingerprint density at radius 3 is 2.67 bits per heavy atom. The predicted molar refractivity (Wildman–Crippen MR) is 87.9 cm³/mol. The predicted octanol–water partition coefficient (Wildman–Crippen LogP) is 3.46. The molecule has 3 rings (SSSR count). The van der Waals surface area contributed by atoms with Gasteiger partial charge in [-0.3, -0.25) is 0 Å². The van der Waals surface area contributed by atoms with Gasteiger partial charge in [0.15, 0.2) is 5.65 Å². The zero-order valence-corrected chi connectivity index (χ0v) is 13.6. The molecule has 2 aromatic heterocycles. The van der Waals surface area contributed by atoms with Crippen molar-refractivity contribution in [3.63, 3.8) is 0 Å². The number of aromatic nitrogens is 3. The van der Waals surface area contributed by atoms with Gasteiger partial charge < -0.3 is 14.6 Å². The number of nitrogens with one attached hydrogen (secondary N) is 1. The van der Waals surface area contributed by atoms with E-state index >= 15 is 0 Å². The van der Waals surface area contributed by atoms with Crippen LogP contribution in [-0.2, 0) is 0 Å². The van der Waals surface area contributed by atoms with E-state index in [4.69, 9.17) is 4.74 Å². The van der Waals surface area contributed by atoms with Crippen molar-refractivity contribution in [3.8, 4) is 17.1 Å². The van der Waals surface area contributed by atoms with Crippen molar-refractivity contribution in [3.05, 3.63) is 34.8 Å². The summed E-state index contributed by atoms with van der Waals surface area (Å²) in [4.78, 5) is 14.3. The van der Waals surface area contributed by atoms with E-state index in [1.165, 1.54) is 0 Å². The zero-order chi connectivity index (χ0) is 15.0. The summed E-state index contributed by atoms with van der Waals surface area (Å²) in [5, 5.41) is 0. The van der Waals surface area contributed by atoms with Gasteiger partial charge >= 0.3 is 0 Å². The standard InChI is InChI=1S/C15H15BrN4O/c1-20(2)13-7-6-11-15(18-13)19-14(17-11)10-5-4-9(16)8-12(10)21-3/h4-8H,1-3H3,(H,17,18,19). The first-order chi connectivity index (χ1) is 10.1. The maximum absolute atomic E-state index is 5.42. The van der Waals surface area contributed by atoms with Crippen LogP contribution in [0.5, 0.6) is 5.75 Å². The van der Waals surface area contributed by atoms with Crippen molar-refractivity contribution < 1.29 is 4.74 Å². The molecule has 2 heterocycles. The number of hydrogen-bond acceptors (Lipinski definition) is 4. The number of methoxy groups -OCH3 is 1. The molecule has 0 aliphatic carbocycles. The van der Waals surface area contributed by atoms with E-state index in [9.17, 15) is 0 Å². The van der Waals surface area contributed by atoms with Gasteiger partial charge in [0.05, 0.1) is 18.2 Å². The van der Waals surface area contributed by atoms with Gasteiger partial charge in [0.25, 0.3) is 0 Å². The third kappa shape index (κ3) is 2.58. The number of pyridine rings is 1. The second kappa shape index (κ2) is 5.37. The van der Waals surface area contributed by atoms with Crippen LogP contribution in [0, 0.1) is 0 Å². The molecule has 1 aromatic carbocycles. The third-order valence-electron chi connectivity index (χ3n) is 3.21. The molecule has 0 saturated heterocycles. The van der Waals surface area contributed by atoms with Gasteiger partial charge in [-0.2, -0.15) is 0 Å². The monoisotopic (exact) mass is 346 g/mol. The molecule has 0 aliphatic rings. The first-order valence-corrected chi connectivity index (χ1v) is 7.26. The van der Waals surface area contributed by atoms with E-state index in [0.29, 0.717) is 5.65 Å². The minimum atomic E-state index is 0.696. The Bertz CT molecular complexity index is 797. The summed E-state index contributed by atoms with van der Waals surface area (Å²) in [5.74, 6) is 2.39. The molecule has 0 saturated carbocycles. The van der Waals surface area contributed by atoms with Crippen molar-refractivity contribution in [1.29, 1.82) is 0 Å². The second-order valence-corrected chi connectivity index (χ2v) is 5.78. The van der Waals surface area contributed by atoms with Crippen molar-refractivity contribution in [2.45, 2.75) is 0 Å². The Kier molecular flexibility index (Phi) is 3.55. The lowest BCUT2D eigenvalue weighted by atomic mass is 10.2. The van der Waals surface area contributed by atoms with Gasteiger partial charge in [-0.25, -0.2) is 9.97 Å². The fourth-order valence-corrected chi connectivity index (χ4v) is 2.46. The highest BCUT2D eigenvalue weighted by atomic mass is 79.9. The molecular formula is C15H15BrN4O. The van der Waals surface area contributed by atoms with Crippen LogP contribution >= 0.6 is 15.9 Å². The van der Waals surface area contributed by atoms with Crippen LogP contribution < -0.4 is 9.64 Å². The molecule has 6 heteroatoms. The number of ether oxygens (including phenoxy) is 1. The third-order valence-corrected chi connectivity index (χ3v) is 3.70. The molecule has 0 bridgehead atoms. The van der Waals surface area contributed by atoms with E-state index in [1.807, 2.05) is 49.3 Å². The topological polar surface area (TPSA) is 54.0 Å². The first-order valence-electron chi connectivity index (χ1n) is 6.46. The fraction of sp³-hybridized carbons (Fsp3) is 0.200. The molecule has 0 radical (unpaired) electrons. The van der Waals surface area contributed by atoms with Gasteiger partial charge in [-0.1, -0.05) is 15.9 Å². The summed E-state index contributed by atoms with van der Waals surface area (Å²) in [7, 11) is 5.56. The number of H-pyrrole nitrogens is 1. The number of halogens is 1. The molecule has 21 heavy (non-hydrogen) atoms. The molecule has 108 valence electrons. The lowest BCUT2D eigenvalue weighted by Gasteiger charge is -2.09. The second-order valence-electron chi connectivity index (χ2n) is 4.87. The lowest BCUT2D eigenvalue weighted by Crippen LogP contribution is -2.10. The molecular weight excluding hydrogens is 332 g/mol. The molecule has 0 spiro atoms. The van der Waals surface area contributed by atoms with Crippen molar-refractivity contribution in [1.82, 2.24) is 15.0 Å². The van der Waals surface area contributed by atoms with Crippen LogP contribution in [0.3, 0.4) is 0 Å². The molecule has 0 fully saturated rings. The molecule has 3 aromatic rings. The number of hydrogen-bond donors (Lipinski definition) is 1. The van der Waals surface area contributed by atoms with Gasteiger partial charge in [0.2, 0.25) is 0 Å². The maximum Gasteiger partial charge on any atom is 0.180 e. The Balaban J connectivity index is 2.13. The smallest absolute Gasteiger partial charge is 0.180 e. The van der Waals surface area contributed by atoms with Crippen LogP contribution in [0.2, 0.25) is 0 Å². The minimum absolute atomic E-state index is 0.696. The summed E-state index contributed by atoms with van der Waals surface area (Å²) in [6, 6.07) is 9.79. The summed E-state index contributed by atoms with van der Waals surface area (Å²) < 4.78 is 6.38. The minimum Gasteiger partial charge on any atom is -0.496 e. The highest BCUT2D eigenvalue weighted by molar-refractivity contribution is 9.10. The molecule has 0 unspecified atom stereocenters. The van der Waals surface area contributed by atoms with Gasteiger partial charge in [0.1, 0.15) is 17.4 Å². The summed E-state index contributed by atoms with van der Waals surface area (Å²) in [5.41, 5.74) is 2.51. The fourth-order valence-electron chi connectivity index (χ4n) is 2.12. The summed E-state index contributed by atoms with van der Waals surface area (Å²) >= 11 is 3.44. The Morgan fingerprint density at radius 1 is 1.14 bits per heavy atom. The van der Waals surface area contributed by atoms with Gasteiger partial charge in [-0.15, -0.1) is 0 Å². The van der Waals surface area contributed by atoms with E-state index in [2.05, 4.69) is 30.9 Å². The number of anilines is 1. The molecule has 1 N–H and O–H groups in total. The molecule has 5 nitrogen and oxygen atoms in total. The Labute approximate surface area is 131 Å². The highest BCUT2D eigenvalue weighted by Gasteiger charge is 2.12. The Morgan fingerprint density at radius 2 is 1.95 bits per heavy atom. The van der Waals surface area contributed by atoms with Crippen molar-refractivity contribution in [2.75, 3.05) is 26.1 Å². The van der Waals surface area contributed by atoms with Gasteiger partial charge in [-0.05, 0) is 30.3 Å². The number of nitrogens with zero attached hydrogens (tertiary/aromatic N) is 3. The quantitative estimate of drug-likeness (QED) is 0.788. The number of aromatic amines is 1. The SMILES string of the molecule is COc1cc(Br)ccc1-c1nc2nc(N(C)C)ccc2[nH]1. The lowest BCUT2D eigenvalue weighted by molar-refractivity contribution is 0.416. The van der Waals surface area contributed by atoms with Crippen LogP contribution in [0.4, 0.5) is 5.82 Å². The number of fused-ring (bicyclic) bond motifs is 1. The summed E-state index contributed by atoms with van der Waals surface area (Å²) in [6.45, 7) is 0. The van der Waals surface area contributed by atoms with Crippen LogP contribution in [-0.4, -0.2) is 36.2 Å². The van der Waals surface area contributed by atoms with Crippen molar-refractivity contribution in [2.24, 2.45) is 0 Å².